The Morgan fingerprint density at radius 3 is 2.35 bits per heavy atom. The largest absolute Gasteiger partial charge is 0.324 e. The summed E-state index contributed by atoms with van der Waals surface area (Å²) in [5.41, 5.74) is 0.578. The van der Waals surface area contributed by atoms with Crippen LogP contribution in [-0.2, 0) is 14.8 Å². The van der Waals surface area contributed by atoms with Crippen molar-refractivity contribution in [2.45, 2.75) is 17.9 Å². The molecule has 2 N–H and O–H groups in total. The smallest absolute Gasteiger partial charge is 0.242 e. The molecule has 0 spiro atoms. The Labute approximate surface area is 160 Å². The first-order valence-corrected chi connectivity index (χ1v) is 10.2. The third-order valence-electron chi connectivity index (χ3n) is 3.89. The summed E-state index contributed by atoms with van der Waals surface area (Å²) in [6, 6.07) is 18.6. The number of fused-ring (bicyclic) bond motifs is 1. The van der Waals surface area contributed by atoms with Crippen LogP contribution in [0.3, 0.4) is 0 Å². The molecule has 0 bridgehead atoms. The first kappa shape index (κ1) is 18.6. The minimum absolute atomic E-state index is 0.122. The molecule has 3 rings (SSSR count). The van der Waals surface area contributed by atoms with Crippen LogP contribution in [0.5, 0.6) is 0 Å². The van der Waals surface area contributed by atoms with Gasteiger partial charge in [0.2, 0.25) is 15.9 Å². The molecule has 5 nitrogen and oxygen atoms in total. The molecule has 0 fully saturated rings. The third-order valence-corrected chi connectivity index (χ3v) is 6.12. The summed E-state index contributed by atoms with van der Waals surface area (Å²) >= 11 is 3.34. The average Bonchev–Trinajstić information content (AvgIpc) is 2.62. The molecule has 0 radical (unpaired) electrons. The van der Waals surface area contributed by atoms with E-state index >= 15 is 0 Å². The minimum Gasteiger partial charge on any atom is -0.324 e. The number of para-hydroxylation sites is 1. The standard InChI is InChI=1S/C19H17BrN2O3S/c1-13(19(23)21-18-9-5-4-8-17(18)20)22-26(24,25)16-11-10-14-6-2-3-7-15(14)12-16/h2-13,22H,1H3,(H,21,23)/t13-/m0/s1. The van der Waals surface area contributed by atoms with Crippen LogP contribution in [0.4, 0.5) is 5.69 Å². The lowest BCUT2D eigenvalue weighted by Gasteiger charge is -2.15. The molecule has 0 saturated carbocycles. The molecule has 1 amide bonds. The first-order chi connectivity index (χ1) is 12.4. The molecule has 0 unspecified atom stereocenters. The predicted molar refractivity (Wildman–Crippen MR) is 107 cm³/mol. The van der Waals surface area contributed by atoms with E-state index in [2.05, 4.69) is 26.0 Å². The van der Waals surface area contributed by atoms with Crippen LogP contribution in [0.1, 0.15) is 6.92 Å². The van der Waals surface area contributed by atoms with Crippen LogP contribution < -0.4 is 10.0 Å². The molecule has 0 aliphatic rings. The molecule has 0 heterocycles. The molecular weight excluding hydrogens is 416 g/mol. The van der Waals surface area contributed by atoms with Gasteiger partial charge >= 0.3 is 0 Å². The number of carbonyl (C=O) groups excluding carboxylic acids is 1. The third kappa shape index (κ3) is 4.12. The van der Waals surface area contributed by atoms with Gasteiger partial charge in [0, 0.05) is 4.47 Å². The van der Waals surface area contributed by atoms with Crippen molar-refractivity contribution >= 4 is 48.3 Å². The molecule has 1 atom stereocenters. The van der Waals surface area contributed by atoms with E-state index in [1.165, 1.54) is 13.0 Å². The Hall–Kier alpha value is -2.22. The number of anilines is 1. The van der Waals surface area contributed by atoms with Gasteiger partial charge in [0.25, 0.3) is 0 Å². The van der Waals surface area contributed by atoms with E-state index in [9.17, 15) is 13.2 Å². The Morgan fingerprint density at radius 1 is 0.962 bits per heavy atom. The van der Waals surface area contributed by atoms with Crippen molar-refractivity contribution in [1.82, 2.24) is 4.72 Å². The summed E-state index contributed by atoms with van der Waals surface area (Å²) in [5, 5.41) is 4.47. The van der Waals surface area contributed by atoms with E-state index in [0.29, 0.717) is 5.69 Å². The quantitative estimate of drug-likeness (QED) is 0.641. The molecule has 3 aromatic carbocycles. The Morgan fingerprint density at radius 2 is 1.62 bits per heavy atom. The number of rotatable bonds is 5. The predicted octanol–water partition coefficient (Wildman–Crippen LogP) is 3.91. The molecule has 7 heteroatoms. The van der Waals surface area contributed by atoms with Crippen molar-refractivity contribution in [3.8, 4) is 0 Å². The fourth-order valence-electron chi connectivity index (χ4n) is 2.49. The minimum atomic E-state index is -3.82. The second kappa shape index (κ2) is 7.57. The second-order valence-electron chi connectivity index (χ2n) is 5.82. The van der Waals surface area contributed by atoms with E-state index in [1.807, 2.05) is 30.3 Å². The van der Waals surface area contributed by atoms with Crippen molar-refractivity contribution in [2.75, 3.05) is 5.32 Å². The highest BCUT2D eigenvalue weighted by molar-refractivity contribution is 9.10. The van der Waals surface area contributed by atoms with Crippen LogP contribution in [0.15, 0.2) is 76.1 Å². The second-order valence-corrected chi connectivity index (χ2v) is 8.39. The summed E-state index contributed by atoms with van der Waals surface area (Å²) in [6.45, 7) is 1.50. The van der Waals surface area contributed by atoms with Crippen molar-refractivity contribution in [3.05, 3.63) is 71.2 Å². The normalized spacial score (nSPS) is 12.7. The molecule has 134 valence electrons. The number of hydrogen-bond donors (Lipinski definition) is 2. The highest BCUT2D eigenvalue weighted by atomic mass is 79.9. The fraction of sp³-hybridized carbons (Fsp3) is 0.105. The number of carbonyl (C=O) groups is 1. The average molecular weight is 433 g/mol. The molecule has 0 aliphatic carbocycles. The summed E-state index contributed by atoms with van der Waals surface area (Å²) in [4.78, 5) is 12.4. The van der Waals surface area contributed by atoms with Crippen LogP contribution in [0, 0.1) is 0 Å². The molecule has 3 aromatic rings. The van der Waals surface area contributed by atoms with Gasteiger partial charge in [-0.1, -0.05) is 42.5 Å². The van der Waals surface area contributed by atoms with E-state index < -0.39 is 22.0 Å². The molecule has 0 aromatic heterocycles. The molecule has 26 heavy (non-hydrogen) atoms. The van der Waals surface area contributed by atoms with Crippen LogP contribution >= 0.6 is 15.9 Å². The number of hydrogen-bond acceptors (Lipinski definition) is 3. The zero-order chi connectivity index (χ0) is 18.7. The van der Waals surface area contributed by atoms with Gasteiger partial charge < -0.3 is 5.32 Å². The maximum atomic E-state index is 12.6. The lowest BCUT2D eigenvalue weighted by molar-refractivity contribution is -0.117. The van der Waals surface area contributed by atoms with Crippen LogP contribution in [0.25, 0.3) is 10.8 Å². The van der Waals surface area contributed by atoms with Gasteiger partial charge in [-0.2, -0.15) is 4.72 Å². The summed E-state index contributed by atoms with van der Waals surface area (Å²) in [6.07, 6.45) is 0. The maximum absolute atomic E-state index is 12.6. The van der Waals surface area contributed by atoms with Crippen LogP contribution in [0.2, 0.25) is 0 Å². The Balaban J connectivity index is 1.77. The maximum Gasteiger partial charge on any atom is 0.242 e. The zero-order valence-electron chi connectivity index (χ0n) is 13.9. The fourth-order valence-corrected chi connectivity index (χ4v) is 4.11. The van der Waals surface area contributed by atoms with Crippen molar-refractivity contribution in [1.29, 1.82) is 0 Å². The Bertz CT molecular complexity index is 1070. The number of halogens is 1. The monoisotopic (exact) mass is 432 g/mol. The highest BCUT2D eigenvalue weighted by Gasteiger charge is 2.22. The topological polar surface area (TPSA) is 75.3 Å². The van der Waals surface area contributed by atoms with Crippen LogP contribution in [-0.4, -0.2) is 20.4 Å². The molecule has 0 saturated heterocycles. The highest BCUT2D eigenvalue weighted by Crippen LogP contribution is 2.22. The van der Waals surface area contributed by atoms with Crippen molar-refractivity contribution < 1.29 is 13.2 Å². The lowest BCUT2D eigenvalue weighted by Crippen LogP contribution is -2.41. The van der Waals surface area contributed by atoms with Gasteiger partial charge in [-0.25, -0.2) is 8.42 Å². The number of sulfonamides is 1. The van der Waals surface area contributed by atoms with Gasteiger partial charge in [0.05, 0.1) is 16.6 Å². The summed E-state index contributed by atoms with van der Waals surface area (Å²) in [5.74, 6) is -0.443. The lowest BCUT2D eigenvalue weighted by atomic mass is 10.1. The van der Waals surface area contributed by atoms with Crippen molar-refractivity contribution in [3.63, 3.8) is 0 Å². The van der Waals surface area contributed by atoms with Gasteiger partial charge in [-0.05, 0) is 57.9 Å². The summed E-state index contributed by atoms with van der Waals surface area (Å²) in [7, 11) is -3.82. The van der Waals surface area contributed by atoms with Crippen molar-refractivity contribution in [2.24, 2.45) is 0 Å². The first-order valence-electron chi connectivity index (χ1n) is 7.93. The van der Waals surface area contributed by atoms with Gasteiger partial charge in [0.15, 0.2) is 0 Å². The van der Waals surface area contributed by atoms with E-state index in [4.69, 9.17) is 0 Å². The summed E-state index contributed by atoms with van der Waals surface area (Å²) < 4.78 is 28.4. The number of nitrogens with one attached hydrogen (secondary N) is 2. The number of benzene rings is 3. The molecular formula is C19H17BrN2O3S. The SMILES string of the molecule is C[C@H](NS(=O)(=O)c1ccc2ccccc2c1)C(=O)Nc1ccccc1Br. The van der Waals surface area contributed by atoms with E-state index in [-0.39, 0.29) is 4.90 Å². The van der Waals surface area contributed by atoms with Gasteiger partial charge in [-0.3, -0.25) is 4.79 Å². The van der Waals surface area contributed by atoms with E-state index in [0.717, 1.165) is 15.2 Å². The van der Waals surface area contributed by atoms with Gasteiger partial charge in [0.1, 0.15) is 0 Å². The molecule has 0 aliphatic heterocycles. The Kier molecular flexibility index (Phi) is 5.41. The number of amides is 1. The zero-order valence-corrected chi connectivity index (χ0v) is 16.3. The van der Waals surface area contributed by atoms with Gasteiger partial charge in [-0.15, -0.1) is 0 Å². The van der Waals surface area contributed by atoms with E-state index in [1.54, 1.807) is 30.3 Å².